The van der Waals surface area contributed by atoms with Crippen LogP contribution in [-0.4, -0.2) is 47.8 Å². The molecule has 0 aliphatic carbocycles. The van der Waals surface area contributed by atoms with Gasteiger partial charge in [0.05, 0.1) is 12.8 Å². The summed E-state index contributed by atoms with van der Waals surface area (Å²) in [5.74, 6) is -32.7. The summed E-state index contributed by atoms with van der Waals surface area (Å²) in [4.78, 5) is 40.8. The number of hydrogen-bond acceptors (Lipinski definition) is 4. The molecule has 0 rings (SSSR count). The summed E-state index contributed by atoms with van der Waals surface area (Å²) in [6.45, 7) is 0. The summed E-state index contributed by atoms with van der Waals surface area (Å²) in [6.07, 6.45) is -5.13. The van der Waals surface area contributed by atoms with Crippen molar-refractivity contribution in [1.82, 2.24) is 0 Å². The fourth-order valence-electron chi connectivity index (χ4n) is 1.15. The maximum atomic E-state index is 13.1. The van der Waals surface area contributed by atoms with Gasteiger partial charge in [0.15, 0.2) is 0 Å². The molecule has 0 bridgehead atoms. The van der Waals surface area contributed by atoms with Gasteiger partial charge in [-0.3, -0.25) is 9.59 Å². The lowest BCUT2D eigenvalue weighted by Crippen LogP contribution is -2.66. The van der Waals surface area contributed by atoms with Crippen molar-refractivity contribution in [2.24, 2.45) is 0 Å². The molecule has 0 radical (unpaired) electrons. The van der Waals surface area contributed by atoms with Gasteiger partial charge in [0.25, 0.3) is 0 Å². The third-order valence-corrected chi connectivity index (χ3v) is 2.42. The topological polar surface area (TPSA) is 68.3 Å². The number of ketones is 2. The lowest BCUT2D eigenvalue weighted by Gasteiger charge is -2.35. The molecule has 22 heavy (non-hydrogen) atoms. The average molecular weight is 342 g/mol. The normalized spacial score (nSPS) is 13.6. The molecule has 0 fully saturated rings. The Hall–Kier alpha value is -1.88. The first kappa shape index (κ1) is 20.1. The first-order valence-corrected chi connectivity index (χ1v) is 5.17. The molecule has 0 N–H and O–H groups in total. The summed E-state index contributed by atoms with van der Waals surface area (Å²) in [7, 11) is 0. The molecule has 0 aromatic heterocycles. The van der Waals surface area contributed by atoms with Gasteiger partial charge in [-0.15, -0.1) is 0 Å². The Kier molecular flexibility index (Phi) is 5.56. The summed E-state index contributed by atoms with van der Waals surface area (Å²) in [5.41, 5.74) is 0. The largest absolute Gasteiger partial charge is 0.386 e. The van der Waals surface area contributed by atoms with Crippen LogP contribution < -0.4 is 0 Å². The lowest BCUT2D eigenvalue weighted by atomic mass is 9.92. The molecule has 0 aromatic rings. The number of alkyl halides is 8. The van der Waals surface area contributed by atoms with Gasteiger partial charge in [-0.25, -0.2) is 0 Å². The van der Waals surface area contributed by atoms with Crippen molar-refractivity contribution in [3.05, 3.63) is 0 Å². The summed E-state index contributed by atoms with van der Waals surface area (Å²) >= 11 is 0. The fraction of sp³-hybridized carbons (Fsp3) is 0.600. The van der Waals surface area contributed by atoms with Gasteiger partial charge < -0.3 is 9.59 Å². The first-order valence-electron chi connectivity index (χ1n) is 5.17. The van der Waals surface area contributed by atoms with E-state index >= 15 is 0 Å². The maximum Gasteiger partial charge on any atom is 0.386 e. The van der Waals surface area contributed by atoms with Gasteiger partial charge in [-0.1, -0.05) is 0 Å². The number of Topliss-reactive ketones (excluding diaryl/α,β-unsaturated/α-hetero) is 2. The zero-order chi connectivity index (χ0) is 18.0. The number of rotatable bonds is 9. The van der Waals surface area contributed by atoms with Crippen LogP contribution in [0.3, 0.4) is 0 Å². The van der Waals surface area contributed by atoms with E-state index in [1.807, 2.05) is 0 Å². The van der Waals surface area contributed by atoms with Crippen LogP contribution in [0.2, 0.25) is 0 Å². The molecule has 0 spiro atoms. The van der Waals surface area contributed by atoms with Gasteiger partial charge in [-0.2, -0.15) is 35.1 Å². The number of aldehydes is 2. The Balaban J connectivity index is 5.93. The molecule has 0 aliphatic heterocycles. The highest BCUT2D eigenvalue weighted by Gasteiger charge is 2.83. The molecule has 0 saturated heterocycles. The maximum absolute atomic E-state index is 13.1. The molecule has 0 aromatic carbocycles. The highest BCUT2D eigenvalue weighted by molar-refractivity contribution is 5.97. The van der Waals surface area contributed by atoms with Crippen LogP contribution in [0.5, 0.6) is 0 Å². The third-order valence-electron chi connectivity index (χ3n) is 2.42. The molecule has 0 atom stereocenters. The molecule has 0 aliphatic rings. The summed E-state index contributed by atoms with van der Waals surface area (Å²) < 4.78 is 104. The van der Waals surface area contributed by atoms with Crippen LogP contribution in [0, 0.1) is 0 Å². The Morgan fingerprint density at radius 1 is 0.636 bits per heavy atom. The third kappa shape index (κ3) is 2.86. The number of hydrogen-bond donors (Lipinski definition) is 0. The molecule has 0 amide bonds. The van der Waals surface area contributed by atoms with Crippen molar-refractivity contribution < 1.29 is 54.3 Å². The lowest BCUT2D eigenvalue weighted by molar-refractivity contribution is -0.346. The zero-order valence-electron chi connectivity index (χ0n) is 10.2. The van der Waals surface area contributed by atoms with E-state index in [9.17, 15) is 54.3 Å². The molecule has 0 heterocycles. The van der Waals surface area contributed by atoms with E-state index in [0.717, 1.165) is 0 Å². The monoisotopic (exact) mass is 342 g/mol. The smallest absolute Gasteiger partial charge is 0.303 e. The summed E-state index contributed by atoms with van der Waals surface area (Å²) in [5, 5.41) is 0. The molecule has 0 saturated carbocycles. The predicted octanol–water partition coefficient (Wildman–Crippen LogP) is 1.84. The summed E-state index contributed by atoms with van der Waals surface area (Å²) in [6, 6.07) is 0. The first-order chi connectivity index (χ1) is 9.71. The van der Waals surface area contributed by atoms with E-state index in [1.54, 1.807) is 0 Å². The van der Waals surface area contributed by atoms with Gasteiger partial charge in [-0.05, 0) is 0 Å². The van der Waals surface area contributed by atoms with Gasteiger partial charge in [0.1, 0.15) is 12.6 Å². The number of carbonyl (C=O) groups is 4. The van der Waals surface area contributed by atoms with Gasteiger partial charge in [0.2, 0.25) is 11.6 Å². The van der Waals surface area contributed by atoms with E-state index < -0.39 is 60.7 Å². The molecule has 4 nitrogen and oxygen atoms in total. The minimum Gasteiger partial charge on any atom is -0.303 e. The molecule has 126 valence electrons. The van der Waals surface area contributed by atoms with Crippen molar-refractivity contribution in [2.45, 2.75) is 36.5 Å². The van der Waals surface area contributed by atoms with Crippen LogP contribution in [0.25, 0.3) is 0 Å². The average Bonchev–Trinajstić information content (AvgIpc) is 2.38. The standard InChI is InChI=1S/C10H6F8O4/c11-7(12,5(21)1-3-19)9(15,16)10(17,18)8(13,14)6(22)2-4-20/h3-4H,1-2H2. The van der Waals surface area contributed by atoms with E-state index in [2.05, 4.69) is 0 Å². The second-order valence-corrected chi connectivity index (χ2v) is 3.89. The van der Waals surface area contributed by atoms with E-state index in [1.165, 1.54) is 0 Å². The second-order valence-electron chi connectivity index (χ2n) is 3.89. The Bertz CT molecular complexity index is 441. The molecule has 12 heteroatoms. The van der Waals surface area contributed by atoms with Crippen LogP contribution in [0.4, 0.5) is 35.1 Å². The number of carbonyl (C=O) groups excluding carboxylic acids is 4. The van der Waals surface area contributed by atoms with Gasteiger partial charge in [0, 0.05) is 0 Å². The molecule has 0 unspecified atom stereocenters. The van der Waals surface area contributed by atoms with Crippen LogP contribution in [-0.2, 0) is 19.2 Å². The molecular formula is C10H6F8O4. The van der Waals surface area contributed by atoms with E-state index in [4.69, 9.17) is 0 Å². The Morgan fingerprint density at radius 2 is 0.864 bits per heavy atom. The fourth-order valence-corrected chi connectivity index (χ4v) is 1.15. The van der Waals surface area contributed by atoms with Crippen LogP contribution in [0.15, 0.2) is 0 Å². The number of halogens is 8. The Labute approximate surface area is 116 Å². The minimum atomic E-state index is -6.98. The van der Waals surface area contributed by atoms with Crippen molar-refractivity contribution >= 4 is 24.1 Å². The van der Waals surface area contributed by atoms with E-state index in [0.29, 0.717) is 0 Å². The van der Waals surface area contributed by atoms with Crippen molar-refractivity contribution in [2.75, 3.05) is 0 Å². The van der Waals surface area contributed by atoms with E-state index in [-0.39, 0.29) is 0 Å². The zero-order valence-corrected chi connectivity index (χ0v) is 10.2. The SMILES string of the molecule is O=CCC(=O)C(F)(F)C(F)(F)C(F)(F)C(F)(F)C(=O)CC=O. The van der Waals surface area contributed by atoms with Crippen LogP contribution in [0.1, 0.15) is 12.8 Å². The van der Waals surface area contributed by atoms with Crippen LogP contribution >= 0.6 is 0 Å². The minimum absolute atomic E-state index is 0.625. The van der Waals surface area contributed by atoms with Gasteiger partial charge >= 0.3 is 23.7 Å². The van der Waals surface area contributed by atoms with Crippen molar-refractivity contribution in [1.29, 1.82) is 0 Å². The van der Waals surface area contributed by atoms with Crippen molar-refractivity contribution in [3.8, 4) is 0 Å². The second kappa shape index (κ2) is 6.08. The highest BCUT2D eigenvalue weighted by Crippen LogP contribution is 2.53. The van der Waals surface area contributed by atoms with Crippen molar-refractivity contribution in [3.63, 3.8) is 0 Å². The molecular weight excluding hydrogens is 336 g/mol. The predicted molar refractivity (Wildman–Crippen MR) is 51.2 cm³/mol. The quantitative estimate of drug-likeness (QED) is 0.364. The Morgan fingerprint density at radius 3 is 1.05 bits per heavy atom. The highest BCUT2D eigenvalue weighted by atomic mass is 19.4.